The Bertz CT molecular complexity index is 458. The van der Waals surface area contributed by atoms with Crippen molar-refractivity contribution in [1.29, 1.82) is 0 Å². The second-order valence-electron chi connectivity index (χ2n) is 3.38. The summed E-state index contributed by atoms with van der Waals surface area (Å²) in [6, 6.07) is 6.78. The molecule has 0 bridgehead atoms. The first-order valence-corrected chi connectivity index (χ1v) is 5.13. The third-order valence-electron chi connectivity index (χ3n) is 2.13. The van der Waals surface area contributed by atoms with Crippen molar-refractivity contribution in [3.63, 3.8) is 0 Å². The molecule has 0 aliphatic heterocycles. The maximum atomic E-state index is 11.9. The fourth-order valence-corrected chi connectivity index (χ4v) is 1.37. The molecular weight excluding hydrogens is 224 g/mol. The van der Waals surface area contributed by atoms with Gasteiger partial charge in [0.2, 0.25) is 5.78 Å². The van der Waals surface area contributed by atoms with Crippen LogP contribution in [0, 0.1) is 6.92 Å². The molecule has 2 rings (SSSR count). The first kappa shape index (κ1) is 10.8. The maximum Gasteiger partial charge on any atom is 0.212 e. The molecule has 0 saturated heterocycles. The normalized spacial score (nSPS) is 10.1. The van der Waals surface area contributed by atoms with Gasteiger partial charge < -0.3 is 0 Å². The zero-order valence-electron chi connectivity index (χ0n) is 8.64. The molecule has 2 aromatic heterocycles. The van der Waals surface area contributed by atoms with E-state index < -0.39 is 0 Å². The second-order valence-corrected chi connectivity index (χ2v) is 3.82. The van der Waals surface area contributed by atoms with Crippen LogP contribution in [0.3, 0.4) is 0 Å². The molecular formula is C12H9ClN2O. The summed E-state index contributed by atoms with van der Waals surface area (Å²) in [6.45, 7) is 1.87. The van der Waals surface area contributed by atoms with E-state index in [1.54, 1.807) is 30.5 Å². The van der Waals surface area contributed by atoms with Gasteiger partial charge in [-0.3, -0.25) is 14.8 Å². The topological polar surface area (TPSA) is 42.9 Å². The largest absolute Gasteiger partial charge is 0.287 e. The lowest BCUT2D eigenvalue weighted by molar-refractivity contribution is 0.103. The molecule has 0 aliphatic carbocycles. The van der Waals surface area contributed by atoms with Crippen LogP contribution in [0.15, 0.2) is 36.7 Å². The van der Waals surface area contributed by atoms with Crippen LogP contribution in [0.25, 0.3) is 0 Å². The van der Waals surface area contributed by atoms with Crippen LogP contribution in [0.5, 0.6) is 0 Å². The van der Waals surface area contributed by atoms with Gasteiger partial charge in [-0.2, -0.15) is 0 Å². The van der Waals surface area contributed by atoms with Gasteiger partial charge in [0.1, 0.15) is 5.69 Å². The predicted octanol–water partition coefficient (Wildman–Crippen LogP) is 2.67. The average molecular weight is 233 g/mol. The monoisotopic (exact) mass is 232 g/mol. The molecule has 16 heavy (non-hydrogen) atoms. The molecule has 2 heterocycles. The number of carbonyl (C=O) groups excluding carboxylic acids is 1. The van der Waals surface area contributed by atoms with E-state index in [1.165, 1.54) is 6.20 Å². The number of hydrogen-bond acceptors (Lipinski definition) is 3. The first-order chi connectivity index (χ1) is 7.66. The molecule has 3 nitrogen and oxygen atoms in total. The number of carbonyl (C=O) groups is 1. The molecule has 80 valence electrons. The van der Waals surface area contributed by atoms with Crippen LogP contribution in [-0.2, 0) is 0 Å². The standard InChI is InChI=1S/C12H9ClN2O/c1-8-2-3-9(6-14-8)12(16)11-5-4-10(13)7-15-11/h2-7H,1H3. The van der Waals surface area contributed by atoms with E-state index in [0.717, 1.165) is 5.69 Å². The summed E-state index contributed by atoms with van der Waals surface area (Å²) < 4.78 is 0. The van der Waals surface area contributed by atoms with Crippen molar-refractivity contribution in [2.24, 2.45) is 0 Å². The van der Waals surface area contributed by atoms with E-state index in [9.17, 15) is 4.79 Å². The maximum absolute atomic E-state index is 11.9. The van der Waals surface area contributed by atoms with Crippen LogP contribution in [-0.4, -0.2) is 15.8 Å². The highest BCUT2D eigenvalue weighted by molar-refractivity contribution is 6.30. The number of aromatic nitrogens is 2. The smallest absolute Gasteiger partial charge is 0.212 e. The second kappa shape index (κ2) is 4.41. The van der Waals surface area contributed by atoms with Crippen molar-refractivity contribution < 1.29 is 4.79 Å². The number of nitrogens with zero attached hydrogens (tertiary/aromatic N) is 2. The Morgan fingerprint density at radius 2 is 1.94 bits per heavy atom. The van der Waals surface area contributed by atoms with Crippen molar-refractivity contribution >= 4 is 17.4 Å². The van der Waals surface area contributed by atoms with Crippen LogP contribution in [0.4, 0.5) is 0 Å². The summed E-state index contributed by atoms with van der Waals surface area (Å²) in [4.78, 5) is 20.0. The summed E-state index contributed by atoms with van der Waals surface area (Å²) in [7, 11) is 0. The lowest BCUT2D eigenvalue weighted by atomic mass is 10.1. The van der Waals surface area contributed by atoms with E-state index >= 15 is 0 Å². The molecule has 0 N–H and O–H groups in total. The van der Waals surface area contributed by atoms with Gasteiger partial charge >= 0.3 is 0 Å². The van der Waals surface area contributed by atoms with Crippen molar-refractivity contribution in [3.8, 4) is 0 Å². The molecule has 0 fully saturated rings. The third kappa shape index (κ3) is 2.25. The summed E-state index contributed by atoms with van der Waals surface area (Å²) in [5, 5.41) is 0.513. The van der Waals surface area contributed by atoms with Gasteiger partial charge in [-0.1, -0.05) is 11.6 Å². The Morgan fingerprint density at radius 1 is 1.12 bits per heavy atom. The number of rotatable bonds is 2. The van der Waals surface area contributed by atoms with Crippen molar-refractivity contribution in [2.45, 2.75) is 6.92 Å². The molecule has 0 radical (unpaired) electrons. The van der Waals surface area contributed by atoms with Gasteiger partial charge in [-0.25, -0.2) is 0 Å². The van der Waals surface area contributed by atoms with Crippen molar-refractivity contribution in [3.05, 3.63) is 58.6 Å². The first-order valence-electron chi connectivity index (χ1n) is 4.76. The Hall–Kier alpha value is -1.74. The summed E-state index contributed by atoms with van der Waals surface area (Å²) >= 11 is 5.70. The van der Waals surface area contributed by atoms with E-state index in [1.807, 2.05) is 6.92 Å². The Kier molecular flexibility index (Phi) is 2.97. The van der Waals surface area contributed by atoms with Crippen LogP contribution >= 0.6 is 11.6 Å². The zero-order chi connectivity index (χ0) is 11.5. The molecule has 0 atom stereocenters. The number of aryl methyl sites for hydroxylation is 1. The average Bonchev–Trinajstić information content (AvgIpc) is 2.30. The minimum Gasteiger partial charge on any atom is -0.287 e. The fourth-order valence-electron chi connectivity index (χ4n) is 1.26. The molecule has 0 spiro atoms. The number of pyridine rings is 2. The zero-order valence-corrected chi connectivity index (χ0v) is 9.40. The molecule has 0 aliphatic rings. The van der Waals surface area contributed by atoms with Crippen LogP contribution in [0.1, 0.15) is 21.7 Å². The van der Waals surface area contributed by atoms with Gasteiger partial charge in [-0.15, -0.1) is 0 Å². The lowest BCUT2D eigenvalue weighted by Crippen LogP contribution is -2.04. The molecule has 4 heteroatoms. The van der Waals surface area contributed by atoms with Crippen molar-refractivity contribution in [1.82, 2.24) is 9.97 Å². The van der Waals surface area contributed by atoms with Gasteiger partial charge in [0, 0.05) is 23.7 Å². The molecule has 0 aromatic carbocycles. The van der Waals surface area contributed by atoms with E-state index in [4.69, 9.17) is 11.6 Å². The van der Waals surface area contributed by atoms with Crippen LogP contribution in [0.2, 0.25) is 5.02 Å². The summed E-state index contributed by atoms with van der Waals surface area (Å²) in [5.41, 5.74) is 1.77. The minimum absolute atomic E-state index is 0.149. The number of halogens is 1. The van der Waals surface area contributed by atoms with E-state index in [0.29, 0.717) is 16.3 Å². The molecule has 0 unspecified atom stereocenters. The molecule has 0 saturated carbocycles. The highest BCUT2D eigenvalue weighted by atomic mass is 35.5. The molecule has 0 amide bonds. The molecule has 2 aromatic rings. The Morgan fingerprint density at radius 3 is 2.50 bits per heavy atom. The third-order valence-corrected chi connectivity index (χ3v) is 2.36. The SMILES string of the molecule is Cc1ccc(C(=O)c2ccc(Cl)cn2)cn1. The predicted molar refractivity (Wildman–Crippen MR) is 61.7 cm³/mol. The Labute approximate surface area is 98.1 Å². The van der Waals surface area contributed by atoms with Gasteiger partial charge in [-0.05, 0) is 31.2 Å². The van der Waals surface area contributed by atoms with E-state index in [2.05, 4.69) is 9.97 Å². The fraction of sp³-hybridized carbons (Fsp3) is 0.0833. The van der Waals surface area contributed by atoms with Crippen molar-refractivity contribution in [2.75, 3.05) is 0 Å². The van der Waals surface area contributed by atoms with Gasteiger partial charge in [0.25, 0.3) is 0 Å². The Balaban J connectivity index is 2.32. The highest BCUT2D eigenvalue weighted by Crippen LogP contribution is 2.10. The summed E-state index contributed by atoms with van der Waals surface area (Å²) in [6.07, 6.45) is 3.00. The van der Waals surface area contributed by atoms with E-state index in [-0.39, 0.29) is 5.78 Å². The van der Waals surface area contributed by atoms with Gasteiger partial charge in [0.05, 0.1) is 5.02 Å². The summed E-state index contributed by atoms with van der Waals surface area (Å²) in [5.74, 6) is -0.149. The minimum atomic E-state index is -0.149. The number of ketones is 1. The highest BCUT2D eigenvalue weighted by Gasteiger charge is 2.10. The quantitative estimate of drug-likeness (QED) is 0.748. The number of hydrogen-bond donors (Lipinski definition) is 0. The van der Waals surface area contributed by atoms with Crippen LogP contribution < -0.4 is 0 Å². The van der Waals surface area contributed by atoms with Gasteiger partial charge in [0.15, 0.2) is 0 Å². The lowest BCUT2D eigenvalue weighted by Gasteiger charge is -2.00.